The van der Waals surface area contributed by atoms with Crippen molar-refractivity contribution in [1.29, 1.82) is 0 Å². The Balaban J connectivity index is 1.39. The third-order valence-electron chi connectivity index (χ3n) is 6.54. The van der Waals surface area contributed by atoms with Gasteiger partial charge in [0.15, 0.2) is 0 Å². The molecule has 1 aliphatic heterocycles. The van der Waals surface area contributed by atoms with Crippen LogP contribution in [0, 0.1) is 5.92 Å². The topological polar surface area (TPSA) is 95.6 Å². The molecule has 3 aromatic carbocycles. The first kappa shape index (κ1) is 26.6. The van der Waals surface area contributed by atoms with E-state index in [0.29, 0.717) is 36.3 Å². The smallest absolute Gasteiger partial charge is 0.255 e. The first-order chi connectivity index (χ1) is 17.5. The van der Waals surface area contributed by atoms with E-state index in [1.54, 1.807) is 66.7 Å². The zero-order chi connectivity index (χ0) is 26.6. The van der Waals surface area contributed by atoms with E-state index in [-0.39, 0.29) is 28.7 Å². The second kappa shape index (κ2) is 10.9. The fourth-order valence-electron chi connectivity index (χ4n) is 4.36. The molecular formula is C29H33N3O4S. The normalized spacial score (nSPS) is 16.7. The van der Waals surface area contributed by atoms with Crippen LogP contribution < -0.4 is 10.6 Å². The minimum absolute atomic E-state index is 0.00262. The van der Waals surface area contributed by atoms with Gasteiger partial charge in [-0.25, -0.2) is 8.42 Å². The highest BCUT2D eigenvalue weighted by Crippen LogP contribution is 2.26. The van der Waals surface area contributed by atoms with Crippen LogP contribution in [-0.4, -0.2) is 37.6 Å². The van der Waals surface area contributed by atoms with Crippen molar-refractivity contribution in [1.82, 2.24) is 4.31 Å². The summed E-state index contributed by atoms with van der Waals surface area (Å²) in [4.78, 5) is 26.0. The number of hydrogen-bond acceptors (Lipinski definition) is 4. The van der Waals surface area contributed by atoms with Crippen molar-refractivity contribution < 1.29 is 18.0 Å². The number of piperidine rings is 1. The quantitative estimate of drug-likeness (QED) is 0.463. The van der Waals surface area contributed by atoms with E-state index < -0.39 is 15.9 Å². The SMILES string of the molecule is CC(C)(C)c1ccc(C(=O)Nc2cccc(NC(=O)[C@@H]3CCCN(S(=O)(=O)c4ccccc4)C3)c2)cc1. The molecule has 0 unspecified atom stereocenters. The van der Waals surface area contributed by atoms with Crippen molar-refractivity contribution in [2.24, 2.45) is 5.92 Å². The second-order valence-electron chi connectivity index (χ2n) is 10.4. The standard InChI is InChI=1S/C29H33N3O4S/c1-29(2,3)23-16-14-21(15-17-23)27(33)30-24-10-7-11-25(19-24)31-28(34)22-9-8-18-32(20-22)37(35,36)26-12-5-4-6-13-26/h4-7,10-17,19,22H,8-9,18,20H2,1-3H3,(H,30,33)(H,31,34)/t22-/m1/s1. The van der Waals surface area contributed by atoms with Gasteiger partial charge in [0.1, 0.15) is 0 Å². The van der Waals surface area contributed by atoms with Crippen molar-refractivity contribution >= 4 is 33.2 Å². The number of rotatable bonds is 6. The molecular weight excluding hydrogens is 486 g/mol. The Hall–Kier alpha value is -3.49. The van der Waals surface area contributed by atoms with Crippen molar-refractivity contribution in [3.05, 3.63) is 90.0 Å². The van der Waals surface area contributed by atoms with Crippen LogP contribution in [0.2, 0.25) is 0 Å². The summed E-state index contributed by atoms with van der Waals surface area (Å²) in [6.45, 7) is 6.88. The van der Waals surface area contributed by atoms with Crippen LogP contribution in [-0.2, 0) is 20.2 Å². The van der Waals surface area contributed by atoms with Gasteiger partial charge in [-0.2, -0.15) is 4.31 Å². The summed E-state index contributed by atoms with van der Waals surface area (Å²) in [5.41, 5.74) is 2.78. The number of carbonyl (C=O) groups is 2. The van der Waals surface area contributed by atoms with E-state index in [1.807, 2.05) is 12.1 Å². The summed E-state index contributed by atoms with van der Waals surface area (Å²) in [5.74, 6) is -0.945. The van der Waals surface area contributed by atoms with E-state index >= 15 is 0 Å². The zero-order valence-corrected chi connectivity index (χ0v) is 22.2. The summed E-state index contributed by atoms with van der Waals surface area (Å²) in [6, 6.07) is 22.7. The lowest BCUT2D eigenvalue weighted by molar-refractivity contribution is -0.120. The van der Waals surface area contributed by atoms with Crippen LogP contribution in [0.5, 0.6) is 0 Å². The Morgan fingerprint density at radius 2 is 1.51 bits per heavy atom. The lowest BCUT2D eigenvalue weighted by Gasteiger charge is -2.31. The highest BCUT2D eigenvalue weighted by molar-refractivity contribution is 7.89. The van der Waals surface area contributed by atoms with E-state index in [1.165, 1.54) is 4.31 Å². The van der Waals surface area contributed by atoms with E-state index in [0.717, 1.165) is 5.56 Å². The molecule has 3 aromatic rings. The molecule has 1 aliphatic rings. The fraction of sp³-hybridized carbons (Fsp3) is 0.310. The Kier molecular flexibility index (Phi) is 7.80. The highest BCUT2D eigenvalue weighted by Gasteiger charge is 2.33. The Morgan fingerprint density at radius 3 is 2.16 bits per heavy atom. The summed E-state index contributed by atoms with van der Waals surface area (Å²) in [5, 5.41) is 5.77. The molecule has 0 aliphatic carbocycles. The lowest BCUT2D eigenvalue weighted by atomic mass is 9.87. The number of nitrogens with one attached hydrogen (secondary N) is 2. The van der Waals surface area contributed by atoms with Crippen LogP contribution >= 0.6 is 0 Å². The number of sulfonamides is 1. The monoisotopic (exact) mass is 519 g/mol. The largest absolute Gasteiger partial charge is 0.326 e. The summed E-state index contributed by atoms with van der Waals surface area (Å²) < 4.78 is 27.4. The van der Waals surface area contributed by atoms with E-state index in [4.69, 9.17) is 0 Å². The number of carbonyl (C=O) groups excluding carboxylic acids is 2. The molecule has 1 fully saturated rings. The maximum atomic E-state index is 13.0. The predicted octanol–water partition coefficient (Wildman–Crippen LogP) is 5.28. The van der Waals surface area contributed by atoms with Gasteiger partial charge >= 0.3 is 0 Å². The molecule has 0 spiro atoms. The van der Waals surface area contributed by atoms with Gasteiger partial charge < -0.3 is 10.6 Å². The van der Waals surface area contributed by atoms with Gasteiger partial charge in [-0.3, -0.25) is 9.59 Å². The minimum Gasteiger partial charge on any atom is -0.326 e. The molecule has 0 saturated carbocycles. The summed E-state index contributed by atoms with van der Waals surface area (Å²) >= 11 is 0. The molecule has 1 saturated heterocycles. The molecule has 37 heavy (non-hydrogen) atoms. The molecule has 0 radical (unpaired) electrons. The number of hydrogen-bond donors (Lipinski definition) is 2. The summed E-state index contributed by atoms with van der Waals surface area (Å²) in [7, 11) is -3.65. The van der Waals surface area contributed by atoms with E-state index in [9.17, 15) is 18.0 Å². The molecule has 0 bridgehead atoms. The maximum Gasteiger partial charge on any atom is 0.255 e. The third-order valence-corrected chi connectivity index (χ3v) is 8.42. The van der Waals surface area contributed by atoms with Crippen LogP contribution in [0.3, 0.4) is 0 Å². The Bertz CT molecular complexity index is 1360. The van der Waals surface area contributed by atoms with Crippen molar-refractivity contribution in [3.8, 4) is 0 Å². The predicted molar refractivity (Wildman–Crippen MR) is 146 cm³/mol. The van der Waals surface area contributed by atoms with Gasteiger partial charge in [0.05, 0.1) is 10.8 Å². The minimum atomic E-state index is -3.65. The van der Waals surface area contributed by atoms with E-state index in [2.05, 4.69) is 31.4 Å². The van der Waals surface area contributed by atoms with Crippen LogP contribution in [0.4, 0.5) is 11.4 Å². The van der Waals surface area contributed by atoms with Gasteiger partial charge in [-0.15, -0.1) is 0 Å². The first-order valence-corrected chi connectivity index (χ1v) is 13.9. The molecule has 8 heteroatoms. The fourth-order valence-corrected chi connectivity index (χ4v) is 5.91. The number of nitrogens with zero attached hydrogens (tertiary/aromatic N) is 1. The average Bonchev–Trinajstić information content (AvgIpc) is 2.89. The molecule has 7 nitrogen and oxygen atoms in total. The van der Waals surface area contributed by atoms with Crippen molar-refractivity contribution in [2.45, 2.75) is 43.9 Å². The van der Waals surface area contributed by atoms with Crippen LogP contribution in [0.15, 0.2) is 83.8 Å². The van der Waals surface area contributed by atoms with Crippen molar-refractivity contribution in [2.75, 3.05) is 23.7 Å². The Morgan fingerprint density at radius 1 is 0.865 bits per heavy atom. The number of amides is 2. The van der Waals surface area contributed by atoms with Gasteiger partial charge in [-0.1, -0.05) is 57.2 Å². The number of benzene rings is 3. The second-order valence-corrected chi connectivity index (χ2v) is 12.3. The summed E-state index contributed by atoms with van der Waals surface area (Å²) in [6.07, 6.45) is 1.21. The molecule has 1 atom stereocenters. The highest BCUT2D eigenvalue weighted by atomic mass is 32.2. The van der Waals surface area contributed by atoms with Crippen LogP contribution in [0.25, 0.3) is 0 Å². The Labute approximate surface area is 218 Å². The average molecular weight is 520 g/mol. The molecule has 4 rings (SSSR count). The van der Waals surface area contributed by atoms with Gasteiger partial charge in [0.2, 0.25) is 15.9 Å². The van der Waals surface area contributed by atoms with Gasteiger partial charge in [0, 0.05) is 30.0 Å². The molecule has 0 aromatic heterocycles. The molecule has 2 amide bonds. The maximum absolute atomic E-state index is 13.0. The van der Waals surface area contributed by atoms with Gasteiger partial charge in [0.25, 0.3) is 5.91 Å². The lowest BCUT2D eigenvalue weighted by Crippen LogP contribution is -2.43. The van der Waals surface area contributed by atoms with Gasteiger partial charge in [-0.05, 0) is 66.3 Å². The zero-order valence-electron chi connectivity index (χ0n) is 21.4. The first-order valence-electron chi connectivity index (χ1n) is 12.4. The number of anilines is 2. The molecule has 194 valence electrons. The van der Waals surface area contributed by atoms with Crippen molar-refractivity contribution in [3.63, 3.8) is 0 Å². The van der Waals surface area contributed by atoms with Crippen LogP contribution in [0.1, 0.15) is 49.5 Å². The molecule has 2 N–H and O–H groups in total. The molecule has 1 heterocycles. The third kappa shape index (κ3) is 6.45.